The van der Waals surface area contributed by atoms with Crippen LogP contribution in [0.25, 0.3) is 0 Å². The van der Waals surface area contributed by atoms with Crippen LogP contribution in [0.15, 0.2) is 34.2 Å². The van der Waals surface area contributed by atoms with E-state index in [2.05, 4.69) is 58.7 Å². The Balaban J connectivity index is 1.76. The van der Waals surface area contributed by atoms with Crippen molar-refractivity contribution in [2.24, 2.45) is 0 Å². The fraction of sp³-hybridized carbons (Fsp3) is 0.615. The summed E-state index contributed by atoms with van der Waals surface area (Å²) in [5.41, 5.74) is 0.868. The highest BCUT2D eigenvalue weighted by Gasteiger charge is 2.33. The molecule has 1 aromatic carbocycles. The number of nitrogens with zero attached hydrogens (tertiary/aromatic N) is 1. The van der Waals surface area contributed by atoms with Crippen LogP contribution >= 0.6 is 11.8 Å². The summed E-state index contributed by atoms with van der Waals surface area (Å²) in [5.74, 6) is 0.377. The molecule has 3 rings (SSSR count). The molecule has 0 radical (unpaired) electrons. The van der Waals surface area contributed by atoms with Gasteiger partial charge in [0.25, 0.3) is 10.0 Å². The third kappa shape index (κ3) is 5.83. The molecule has 1 fully saturated rings. The smallest absolute Gasteiger partial charge is 0.258 e. The summed E-state index contributed by atoms with van der Waals surface area (Å²) in [5, 5.41) is 21.5. The van der Waals surface area contributed by atoms with Crippen molar-refractivity contribution >= 4 is 21.8 Å². The van der Waals surface area contributed by atoms with E-state index in [0.29, 0.717) is 29.8 Å². The molecule has 1 saturated heterocycles. The third-order valence-corrected chi connectivity index (χ3v) is 9.49. The van der Waals surface area contributed by atoms with Crippen molar-refractivity contribution in [1.82, 2.24) is 9.29 Å². The van der Waals surface area contributed by atoms with E-state index in [0.717, 1.165) is 28.9 Å². The number of hydrogen-bond donors (Lipinski definition) is 3. The van der Waals surface area contributed by atoms with E-state index in [4.69, 9.17) is 0 Å². The molecule has 1 aliphatic heterocycles. The van der Waals surface area contributed by atoms with Crippen molar-refractivity contribution < 1.29 is 18.6 Å². The quantitative estimate of drug-likeness (QED) is 0.497. The van der Waals surface area contributed by atoms with Gasteiger partial charge in [-0.25, -0.2) is 8.42 Å². The van der Waals surface area contributed by atoms with E-state index in [9.17, 15) is 18.6 Å². The molecule has 3 N–H and O–H groups in total. The molecule has 0 amide bonds. The highest BCUT2D eigenvalue weighted by molar-refractivity contribution is 8.00. The molecule has 0 bridgehead atoms. The van der Waals surface area contributed by atoms with Crippen LogP contribution in [0.1, 0.15) is 85.1 Å². The molecule has 2 aromatic rings. The highest BCUT2D eigenvalue weighted by Crippen LogP contribution is 2.43. The number of aromatic nitrogens is 1. The number of thioether (sulfide) groups is 1. The molecule has 0 saturated carbocycles. The Morgan fingerprint density at radius 3 is 1.85 bits per heavy atom. The number of benzene rings is 1. The Hall–Kier alpha value is -1.48. The van der Waals surface area contributed by atoms with Crippen molar-refractivity contribution in [3.63, 3.8) is 0 Å². The van der Waals surface area contributed by atoms with E-state index in [1.54, 1.807) is 31.7 Å². The van der Waals surface area contributed by atoms with Gasteiger partial charge in [0.05, 0.1) is 5.60 Å². The Morgan fingerprint density at radius 2 is 1.44 bits per heavy atom. The van der Waals surface area contributed by atoms with Crippen molar-refractivity contribution in [3.8, 4) is 5.75 Å². The number of aromatic hydroxyl groups is 1. The fourth-order valence-corrected chi connectivity index (χ4v) is 6.88. The van der Waals surface area contributed by atoms with Gasteiger partial charge in [-0.3, -0.25) is 0 Å². The number of hydrogen-bond acceptors (Lipinski definition) is 5. The number of aromatic amines is 1. The number of phenolic OH excluding ortho intramolecular Hbond substituents is 1. The lowest BCUT2D eigenvalue weighted by molar-refractivity contribution is 0.0740. The maximum Gasteiger partial charge on any atom is 0.258 e. The molecule has 0 atom stereocenters. The van der Waals surface area contributed by atoms with Crippen molar-refractivity contribution in [2.45, 2.75) is 99.8 Å². The topological polar surface area (TPSA) is 93.6 Å². The molecule has 190 valence electrons. The molecule has 34 heavy (non-hydrogen) atoms. The van der Waals surface area contributed by atoms with Crippen molar-refractivity contribution in [2.75, 3.05) is 13.1 Å². The molecular formula is C26H40N2O4S2. The summed E-state index contributed by atoms with van der Waals surface area (Å²) in [4.78, 5) is 4.00. The van der Waals surface area contributed by atoms with Crippen LogP contribution in [0.2, 0.25) is 0 Å². The largest absolute Gasteiger partial charge is 0.507 e. The molecule has 6 nitrogen and oxygen atoms in total. The van der Waals surface area contributed by atoms with Crippen LogP contribution in [0.5, 0.6) is 5.75 Å². The number of rotatable bonds is 5. The molecule has 8 heteroatoms. The van der Waals surface area contributed by atoms with Gasteiger partial charge >= 0.3 is 0 Å². The number of aliphatic hydroxyl groups is 1. The van der Waals surface area contributed by atoms with Crippen LogP contribution in [-0.2, 0) is 26.5 Å². The van der Waals surface area contributed by atoms with Gasteiger partial charge in [-0.2, -0.15) is 4.31 Å². The van der Waals surface area contributed by atoms with Crippen LogP contribution in [0, 0.1) is 0 Å². The van der Waals surface area contributed by atoms with E-state index in [1.165, 1.54) is 10.4 Å². The van der Waals surface area contributed by atoms with Crippen LogP contribution in [0.4, 0.5) is 0 Å². The van der Waals surface area contributed by atoms with Crippen LogP contribution in [0.3, 0.4) is 0 Å². The Labute approximate surface area is 209 Å². The standard InChI is InChI=1S/C26H40N2O4S2/c1-24(2,3)19-15-18(16-20(23(19)29)25(4,5)6)33-17-11-13-28(14-12-17)34(31,32)22-10-9-21(27-22)26(7,8)30/h9-10,15-17,27,29-30H,11-14H2,1-8H3. The first-order valence-electron chi connectivity index (χ1n) is 11.9. The maximum atomic E-state index is 13.1. The Bertz CT molecular complexity index is 1090. The number of sulfonamides is 1. The number of phenols is 1. The minimum Gasteiger partial charge on any atom is -0.507 e. The number of piperidine rings is 1. The lowest BCUT2D eigenvalue weighted by Crippen LogP contribution is -2.39. The summed E-state index contributed by atoms with van der Waals surface area (Å²) in [6.45, 7) is 16.8. The Morgan fingerprint density at radius 1 is 0.941 bits per heavy atom. The van der Waals surface area contributed by atoms with Gasteiger partial charge in [0.15, 0.2) is 0 Å². The molecule has 1 aromatic heterocycles. The minimum absolute atomic E-state index is 0.124. The van der Waals surface area contributed by atoms with Gasteiger partial charge in [0, 0.05) is 40.1 Å². The van der Waals surface area contributed by atoms with Gasteiger partial charge in [0.1, 0.15) is 10.8 Å². The lowest BCUT2D eigenvalue weighted by atomic mass is 9.79. The summed E-state index contributed by atoms with van der Waals surface area (Å²) in [6, 6.07) is 7.34. The van der Waals surface area contributed by atoms with E-state index in [1.807, 2.05) is 0 Å². The molecular weight excluding hydrogens is 468 g/mol. The van der Waals surface area contributed by atoms with Gasteiger partial charge in [-0.15, -0.1) is 11.8 Å². The monoisotopic (exact) mass is 508 g/mol. The predicted octanol–water partition coefficient (Wildman–Crippen LogP) is 5.49. The second kappa shape index (κ2) is 9.19. The first kappa shape index (κ1) is 27.1. The Kier molecular flexibility index (Phi) is 7.33. The molecule has 0 spiro atoms. The van der Waals surface area contributed by atoms with Crippen molar-refractivity contribution in [1.29, 1.82) is 0 Å². The zero-order chi connectivity index (χ0) is 25.7. The zero-order valence-corrected chi connectivity index (χ0v) is 23.3. The average molecular weight is 509 g/mol. The lowest BCUT2D eigenvalue weighted by Gasteiger charge is -2.32. The predicted molar refractivity (Wildman–Crippen MR) is 139 cm³/mol. The second-order valence-corrected chi connectivity index (χ2v) is 15.2. The highest BCUT2D eigenvalue weighted by atomic mass is 32.2. The third-order valence-electron chi connectivity index (χ3n) is 6.34. The minimum atomic E-state index is -3.63. The second-order valence-electron chi connectivity index (χ2n) is 11.9. The van der Waals surface area contributed by atoms with Crippen LogP contribution in [-0.4, -0.2) is 46.3 Å². The van der Waals surface area contributed by atoms with E-state index < -0.39 is 15.6 Å². The molecule has 0 aliphatic carbocycles. The fourth-order valence-electron chi connectivity index (χ4n) is 4.22. The SMILES string of the molecule is CC(C)(C)c1cc(SC2CCN(S(=O)(=O)c3ccc(C(C)(C)O)[nH]3)CC2)cc(C(C)(C)C)c1O. The first-order chi connectivity index (χ1) is 15.4. The average Bonchev–Trinajstić information content (AvgIpc) is 3.19. The maximum absolute atomic E-state index is 13.1. The number of H-pyrrole nitrogens is 1. The summed E-state index contributed by atoms with van der Waals surface area (Å²) in [6.07, 6.45) is 1.50. The normalized spacial score (nSPS) is 17.3. The summed E-state index contributed by atoms with van der Waals surface area (Å²) in [7, 11) is -3.63. The van der Waals surface area contributed by atoms with Crippen molar-refractivity contribution in [3.05, 3.63) is 41.1 Å². The zero-order valence-electron chi connectivity index (χ0n) is 21.7. The number of nitrogens with one attached hydrogen (secondary N) is 1. The van der Waals surface area contributed by atoms with E-state index >= 15 is 0 Å². The molecule has 2 heterocycles. The first-order valence-corrected chi connectivity index (χ1v) is 14.2. The van der Waals surface area contributed by atoms with Gasteiger partial charge in [0.2, 0.25) is 0 Å². The molecule has 1 aliphatic rings. The van der Waals surface area contributed by atoms with Crippen LogP contribution < -0.4 is 0 Å². The molecule has 0 unspecified atom stereocenters. The summed E-state index contributed by atoms with van der Waals surface area (Å²) < 4.78 is 27.8. The van der Waals surface area contributed by atoms with Gasteiger partial charge in [-0.05, 0) is 61.8 Å². The van der Waals surface area contributed by atoms with Gasteiger partial charge in [-0.1, -0.05) is 41.5 Å². The van der Waals surface area contributed by atoms with Gasteiger partial charge < -0.3 is 15.2 Å². The van der Waals surface area contributed by atoms with E-state index in [-0.39, 0.29) is 15.9 Å². The summed E-state index contributed by atoms with van der Waals surface area (Å²) >= 11 is 1.78.